The molecular weight excluding hydrogens is 510 g/mol. The number of rotatable bonds is 14. The molecule has 210 valence electrons. The lowest BCUT2D eigenvalue weighted by molar-refractivity contribution is -0.145. The van der Waals surface area contributed by atoms with Gasteiger partial charge in [0.1, 0.15) is 11.4 Å². The lowest BCUT2D eigenvalue weighted by Crippen LogP contribution is -2.50. The number of nitrogens with one attached hydrogen (secondary N) is 2. The molecule has 4 atom stereocenters. The Labute approximate surface area is 226 Å². The second kappa shape index (κ2) is 12.5. The van der Waals surface area contributed by atoms with Crippen LogP contribution in [0.25, 0.3) is 0 Å². The van der Waals surface area contributed by atoms with Crippen molar-refractivity contribution in [2.75, 3.05) is 13.7 Å². The van der Waals surface area contributed by atoms with Crippen LogP contribution in [-0.2, 0) is 36.8 Å². The maximum Gasteiger partial charge on any atom is 0.321 e. The molecule has 3 rings (SSSR count). The third-order valence-electron chi connectivity index (χ3n) is 6.70. The highest BCUT2D eigenvalue weighted by Gasteiger charge is 2.50. The van der Waals surface area contributed by atoms with Crippen molar-refractivity contribution in [2.45, 2.75) is 63.6 Å². The first-order valence-corrected chi connectivity index (χ1v) is 12.7. The van der Waals surface area contributed by atoms with Crippen molar-refractivity contribution in [3.63, 3.8) is 0 Å². The van der Waals surface area contributed by atoms with E-state index in [4.69, 9.17) is 9.47 Å². The van der Waals surface area contributed by atoms with Crippen molar-refractivity contribution in [1.29, 1.82) is 0 Å². The number of Topliss-reactive ketones (excluding diaryl/α,β-unsaturated/α-hetero) is 2. The van der Waals surface area contributed by atoms with E-state index >= 15 is 0 Å². The third-order valence-corrected chi connectivity index (χ3v) is 6.70. The van der Waals surface area contributed by atoms with Gasteiger partial charge in [-0.1, -0.05) is 42.5 Å². The van der Waals surface area contributed by atoms with Gasteiger partial charge in [-0.05, 0) is 49.9 Å². The first kappa shape index (κ1) is 29.9. The number of ketones is 2. The number of amides is 2. The number of carbonyl (C=O) groups excluding carboxylic acids is 4. The molecule has 0 bridgehead atoms. The molecular formula is C29H34F2N2O6. The van der Waals surface area contributed by atoms with Gasteiger partial charge in [0.15, 0.2) is 11.6 Å². The molecule has 1 aliphatic rings. The van der Waals surface area contributed by atoms with Crippen molar-refractivity contribution in [3.05, 3.63) is 65.7 Å². The standard InChI is InChI=1S/C29H34F2N2O6/c1-18(32-27(37)29(3,30)31)24(34)16-21(14-20-10-12-22(38-4)13-11-20)26(36)33-23(25(35)28(2)17-39-28)15-19-8-6-5-7-9-19/h5-13,18,21,23H,14-17H2,1-4H3,(H,32,37)(H,33,36). The minimum atomic E-state index is -3.65. The van der Waals surface area contributed by atoms with Crippen LogP contribution in [0.3, 0.4) is 0 Å². The molecule has 2 amide bonds. The molecule has 0 spiro atoms. The quantitative estimate of drug-likeness (QED) is 0.354. The minimum Gasteiger partial charge on any atom is -0.497 e. The van der Waals surface area contributed by atoms with E-state index in [9.17, 15) is 28.0 Å². The van der Waals surface area contributed by atoms with Gasteiger partial charge in [-0.3, -0.25) is 19.2 Å². The van der Waals surface area contributed by atoms with E-state index in [2.05, 4.69) is 5.32 Å². The second-order valence-electron chi connectivity index (χ2n) is 10.1. The number of hydrogen-bond acceptors (Lipinski definition) is 6. The predicted octanol–water partition coefficient (Wildman–Crippen LogP) is 3.06. The van der Waals surface area contributed by atoms with Gasteiger partial charge in [-0.2, -0.15) is 8.78 Å². The molecule has 2 aromatic carbocycles. The molecule has 10 heteroatoms. The van der Waals surface area contributed by atoms with Crippen molar-refractivity contribution < 1.29 is 37.4 Å². The van der Waals surface area contributed by atoms with Crippen LogP contribution >= 0.6 is 0 Å². The number of benzene rings is 2. The Morgan fingerprint density at radius 1 is 1.00 bits per heavy atom. The Morgan fingerprint density at radius 2 is 1.59 bits per heavy atom. The maximum absolute atomic E-state index is 13.6. The van der Waals surface area contributed by atoms with Gasteiger partial charge in [0.05, 0.1) is 25.8 Å². The predicted molar refractivity (Wildman–Crippen MR) is 139 cm³/mol. The third kappa shape index (κ3) is 8.41. The zero-order valence-corrected chi connectivity index (χ0v) is 22.5. The summed E-state index contributed by atoms with van der Waals surface area (Å²) in [6, 6.07) is 14.0. The fourth-order valence-electron chi connectivity index (χ4n) is 4.09. The molecule has 1 saturated heterocycles. The number of epoxide rings is 1. The molecule has 1 aliphatic heterocycles. The van der Waals surface area contributed by atoms with Crippen LogP contribution in [0.5, 0.6) is 5.75 Å². The molecule has 0 aromatic heterocycles. The van der Waals surface area contributed by atoms with Crippen LogP contribution in [0.2, 0.25) is 0 Å². The summed E-state index contributed by atoms with van der Waals surface area (Å²) < 4.78 is 37.2. The van der Waals surface area contributed by atoms with Crippen molar-refractivity contribution in [2.24, 2.45) is 5.92 Å². The topological polar surface area (TPSA) is 114 Å². The summed E-state index contributed by atoms with van der Waals surface area (Å²) >= 11 is 0. The van der Waals surface area contributed by atoms with E-state index in [0.29, 0.717) is 12.7 Å². The van der Waals surface area contributed by atoms with Gasteiger partial charge in [0, 0.05) is 19.3 Å². The molecule has 1 heterocycles. The van der Waals surface area contributed by atoms with Gasteiger partial charge < -0.3 is 20.1 Å². The molecule has 8 nitrogen and oxygen atoms in total. The summed E-state index contributed by atoms with van der Waals surface area (Å²) in [5, 5.41) is 4.82. The van der Waals surface area contributed by atoms with Gasteiger partial charge in [-0.25, -0.2) is 0 Å². The normalized spacial score (nSPS) is 18.8. The molecule has 0 aliphatic carbocycles. The average molecular weight is 545 g/mol. The summed E-state index contributed by atoms with van der Waals surface area (Å²) in [4.78, 5) is 51.4. The summed E-state index contributed by atoms with van der Waals surface area (Å²) in [7, 11) is 1.52. The molecule has 2 aromatic rings. The second-order valence-corrected chi connectivity index (χ2v) is 10.1. The highest BCUT2D eigenvalue weighted by atomic mass is 19.3. The van der Waals surface area contributed by atoms with Gasteiger partial charge >= 0.3 is 5.92 Å². The van der Waals surface area contributed by atoms with Gasteiger partial charge in [0.2, 0.25) is 5.91 Å². The number of carbonyl (C=O) groups is 4. The summed E-state index contributed by atoms with van der Waals surface area (Å²) in [6.07, 6.45) is 0.0202. The Morgan fingerprint density at radius 3 is 2.13 bits per heavy atom. The molecule has 2 N–H and O–H groups in total. The van der Waals surface area contributed by atoms with Crippen LogP contribution < -0.4 is 15.4 Å². The summed E-state index contributed by atoms with van der Waals surface area (Å²) in [6.45, 7) is 3.64. The van der Waals surface area contributed by atoms with Crippen LogP contribution in [-0.4, -0.2) is 60.7 Å². The summed E-state index contributed by atoms with van der Waals surface area (Å²) in [5.41, 5.74) is 0.571. The molecule has 0 saturated carbocycles. The van der Waals surface area contributed by atoms with E-state index in [-0.39, 0.29) is 31.7 Å². The molecule has 39 heavy (non-hydrogen) atoms. The first-order valence-electron chi connectivity index (χ1n) is 12.7. The molecule has 0 radical (unpaired) electrons. The van der Waals surface area contributed by atoms with Gasteiger partial charge in [-0.15, -0.1) is 0 Å². The largest absolute Gasteiger partial charge is 0.497 e. The number of methoxy groups -OCH3 is 1. The van der Waals surface area contributed by atoms with Crippen LogP contribution in [0.15, 0.2) is 54.6 Å². The number of halogens is 2. The number of alkyl halides is 2. The Hall–Kier alpha value is -3.66. The van der Waals surface area contributed by atoms with Crippen molar-refractivity contribution in [1.82, 2.24) is 10.6 Å². The molecule has 4 unspecified atom stereocenters. The Balaban J connectivity index is 1.81. The summed E-state index contributed by atoms with van der Waals surface area (Å²) in [5.74, 6) is -6.97. The zero-order valence-electron chi connectivity index (χ0n) is 22.5. The Kier molecular flexibility index (Phi) is 9.55. The van der Waals surface area contributed by atoms with E-state index in [1.54, 1.807) is 31.2 Å². The van der Waals surface area contributed by atoms with E-state index in [1.807, 2.05) is 35.6 Å². The average Bonchev–Trinajstić information content (AvgIpc) is 3.66. The van der Waals surface area contributed by atoms with Crippen molar-refractivity contribution >= 4 is 23.4 Å². The lowest BCUT2D eigenvalue weighted by atomic mass is 9.89. The Bertz CT molecular complexity index is 1180. The monoisotopic (exact) mass is 544 g/mol. The number of ether oxygens (including phenoxy) is 2. The zero-order chi connectivity index (χ0) is 28.8. The van der Waals surface area contributed by atoms with E-state index in [1.165, 1.54) is 14.0 Å². The van der Waals surface area contributed by atoms with E-state index in [0.717, 1.165) is 11.1 Å². The fourth-order valence-corrected chi connectivity index (χ4v) is 4.09. The van der Waals surface area contributed by atoms with Crippen molar-refractivity contribution in [3.8, 4) is 5.75 Å². The number of hydrogen-bond donors (Lipinski definition) is 2. The highest BCUT2D eigenvalue weighted by molar-refractivity contribution is 5.98. The first-order chi connectivity index (χ1) is 18.3. The van der Waals surface area contributed by atoms with Crippen LogP contribution in [0.4, 0.5) is 8.78 Å². The molecule has 1 fully saturated rings. The minimum absolute atomic E-state index is 0.131. The SMILES string of the molecule is COc1ccc(CC(CC(=O)C(C)NC(=O)C(C)(F)F)C(=O)NC(Cc2ccccc2)C(=O)C2(C)CO2)cc1. The highest BCUT2D eigenvalue weighted by Crippen LogP contribution is 2.29. The lowest BCUT2D eigenvalue weighted by Gasteiger charge is -2.24. The van der Waals surface area contributed by atoms with Gasteiger partial charge in [0.25, 0.3) is 5.91 Å². The fraction of sp³-hybridized carbons (Fsp3) is 0.448. The van der Waals surface area contributed by atoms with E-state index < -0.39 is 47.1 Å². The van der Waals surface area contributed by atoms with Crippen LogP contribution in [0.1, 0.15) is 38.3 Å². The maximum atomic E-state index is 13.6. The van der Waals surface area contributed by atoms with Crippen LogP contribution in [0, 0.1) is 5.92 Å². The smallest absolute Gasteiger partial charge is 0.321 e.